The van der Waals surface area contributed by atoms with Gasteiger partial charge in [0.1, 0.15) is 17.0 Å². The lowest BCUT2D eigenvalue weighted by Crippen LogP contribution is -2.43. The van der Waals surface area contributed by atoms with Gasteiger partial charge in [0.05, 0.1) is 11.7 Å². The predicted molar refractivity (Wildman–Crippen MR) is 136 cm³/mol. The third kappa shape index (κ3) is 4.76. The second-order valence-electron chi connectivity index (χ2n) is 9.97. The van der Waals surface area contributed by atoms with Crippen molar-refractivity contribution in [3.63, 3.8) is 0 Å². The lowest BCUT2D eigenvalue weighted by atomic mass is 10.1. The molecule has 4 aromatic rings. The summed E-state index contributed by atoms with van der Waals surface area (Å²) in [4.78, 5) is 26.3. The summed E-state index contributed by atoms with van der Waals surface area (Å²) in [6.45, 7) is 6.99. The molecule has 0 amide bonds. The summed E-state index contributed by atoms with van der Waals surface area (Å²) < 4.78 is 32.0. The third-order valence-corrected chi connectivity index (χ3v) is 7.23. The van der Waals surface area contributed by atoms with Gasteiger partial charge in [-0.05, 0) is 38.9 Å². The van der Waals surface area contributed by atoms with Gasteiger partial charge >= 0.3 is 0 Å². The van der Waals surface area contributed by atoms with E-state index in [4.69, 9.17) is 0 Å². The molecule has 1 atom stereocenters. The van der Waals surface area contributed by atoms with E-state index in [1.165, 1.54) is 6.07 Å². The van der Waals surface area contributed by atoms with Gasteiger partial charge in [0.2, 0.25) is 11.9 Å². The van der Waals surface area contributed by atoms with Gasteiger partial charge in [-0.3, -0.25) is 10.2 Å². The standard InChI is InChI=1S/C26H29F2N9/c1-16-4-3-5-22-32-24-19(27)10-18(11-21(24)37(16)22)23-20(28)14-31-26(33-23)34-25-29-12-17(13-30-25)15-36-8-6-35(2)7-9-36/h10-14,16H,3-9,15H2,1-2H3,(H,29,30,31,33,34). The Morgan fingerprint density at radius 3 is 2.49 bits per heavy atom. The Bertz CT molecular complexity index is 1430. The topological polar surface area (TPSA) is 87.9 Å². The number of halogens is 2. The van der Waals surface area contributed by atoms with Gasteiger partial charge in [-0.15, -0.1) is 0 Å². The number of fused-ring (bicyclic) bond motifs is 3. The summed E-state index contributed by atoms with van der Waals surface area (Å²) >= 11 is 0. The van der Waals surface area contributed by atoms with E-state index in [1.54, 1.807) is 18.5 Å². The van der Waals surface area contributed by atoms with Crippen LogP contribution >= 0.6 is 0 Å². The molecular formula is C26H29F2N9. The number of rotatable bonds is 5. The summed E-state index contributed by atoms with van der Waals surface area (Å²) in [5, 5.41) is 2.94. The lowest BCUT2D eigenvalue weighted by Gasteiger charge is -2.32. The van der Waals surface area contributed by atoms with Crippen molar-refractivity contribution in [3.8, 4) is 11.3 Å². The number of likely N-dealkylation sites (N-methyl/N-ethyl adjacent to an activating group) is 1. The predicted octanol–water partition coefficient (Wildman–Crippen LogP) is 3.95. The highest BCUT2D eigenvalue weighted by molar-refractivity contribution is 5.83. The number of hydrogen-bond acceptors (Lipinski definition) is 8. The first kappa shape index (κ1) is 23.8. The number of nitrogens with zero attached hydrogens (tertiary/aromatic N) is 8. The van der Waals surface area contributed by atoms with Crippen LogP contribution in [0, 0.1) is 11.6 Å². The van der Waals surface area contributed by atoms with Gasteiger partial charge in [-0.2, -0.15) is 0 Å². The van der Waals surface area contributed by atoms with Gasteiger partial charge in [0, 0.05) is 68.7 Å². The Labute approximate surface area is 213 Å². The summed E-state index contributed by atoms with van der Waals surface area (Å²) in [5.74, 6) is 0.170. The van der Waals surface area contributed by atoms with Crippen LogP contribution in [0.1, 0.15) is 37.2 Å². The lowest BCUT2D eigenvalue weighted by molar-refractivity contribution is 0.148. The Kier molecular flexibility index (Phi) is 6.25. The highest BCUT2D eigenvalue weighted by atomic mass is 19.1. The molecule has 1 fully saturated rings. The Hall–Kier alpha value is -3.57. The van der Waals surface area contributed by atoms with Gasteiger partial charge in [-0.25, -0.2) is 33.7 Å². The van der Waals surface area contributed by atoms with Crippen molar-refractivity contribution in [3.05, 3.63) is 53.7 Å². The molecule has 5 heterocycles. The summed E-state index contributed by atoms with van der Waals surface area (Å²) in [5.41, 5.74) is 2.31. The summed E-state index contributed by atoms with van der Waals surface area (Å²) in [6.07, 6.45) is 7.43. The third-order valence-electron chi connectivity index (χ3n) is 7.23. The minimum absolute atomic E-state index is 0.00370. The van der Waals surface area contributed by atoms with Crippen molar-refractivity contribution in [2.24, 2.45) is 0 Å². The van der Waals surface area contributed by atoms with E-state index in [-0.39, 0.29) is 17.7 Å². The molecule has 1 unspecified atom stereocenters. The fraction of sp³-hybridized carbons (Fsp3) is 0.423. The summed E-state index contributed by atoms with van der Waals surface area (Å²) in [6, 6.07) is 3.24. The first-order valence-corrected chi connectivity index (χ1v) is 12.7. The molecule has 2 aliphatic heterocycles. The number of benzene rings is 1. The first-order chi connectivity index (χ1) is 17.9. The number of piperazine rings is 1. The number of aryl methyl sites for hydroxylation is 1. The average molecular weight is 506 g/mol. The van der Waals surface area contributed by atoms with Crippen LogP contribution in [0.25, 0.3) is 22.3 Å². The quantitative estimate of drug-likeness (QED) is 0.436. The normalized spacial score (nSPS) is 18.8. The number of hydrogen-bond donors (Lipinski definition) is 1. The van der Waals surface area contributed by atoms with Crippen LogP contribution in [0.2, 0.25) is 0 Å². The molecule has 1 saturated heterocycles. The van der Waals surface area contributed by atoms with E-state index in [1.807, 2.05) is 0 Å². The van der Waals surface area contributed by atoms with Crippen molar-refractivity contribution in [1.29, 1.82) is 0 Å². The molecule has 0 saturated carbocycles. The van der Waals surface area contributed by atoms with Gasteiger partial charge < -0.3 is 9.47 Å². The minimum atomic E-state index is -0.640. The molecule has 192 valence electrons. The number of anilines is 2. The van der Waals surface area contributed by atoms with Crippen molar-refractivity contribution >= 4 is 22.9 Å². The van der Waals surface area contributed by atoms with Crippen LogP contribution in [0.3, 0.4) is 0 Å². The zero-order valence-electron chi connectivity index (χ0n) is 21.0. The molecule has 1 N–H and O–H groups in total. The van der Waals surface area contributed by atoms with E-state index in [0.29, 0.717) is 22.5 Å². The van der Waals surface area contributed by atoms with E-state index in [0.717, 1.165) is 69.6 Å². The maximum Gasteiger partial charge on any atom is 0.230 e. The SMILES string of the molecule is CC1CCCc2nc3c(F)cc(-c4nc(Nc5ncc(CN6CCN(C)CC6)cn5)ncc4F)cc3n21. The number of aromatic nitrogens is 6. The van der Waals surface area contributed by atoms with Crippen LogP contribution in [0.4, 0.5) is 20.7 Å². The van der Waals surface area contributed by atoms with Crippen LogP contribution in [-0.4, -0.2) is 72.5 Å². The van der Waals surface area contributed by atoms with Crippen LogP contribution < -0.4 is 5.32 Å². The van der Waals surface area contributed by atoms with E-state index in [9.17, 15) is 4.39 Å². The Morgan fingerprint density at radius 1 is 0.946 bits per heavy atom. The highest BCUT2D eigenvalue weighted by Gasteiger charge is 2.23. The van der Waals surface area contributed by atoms with E-state index >= 15 is 4.39 Å². The molecule has 9 nitrogen and oxygen atoms in total. The van der Waals surface area contributed by atoms with Crippen LogP contribution in [-0.2, 0) is 13.0 Å². The van der Waals surface area contributed by atoms with Gasteiger partial charge in [0.15, 0.2) is 11.6 Å². The molecule has 2 aliphatic rings. The largest absolute Gasteiger partial charge is 0.325 e. The monoisotopic (exact) mass is 505 g/mol. The summed E-state index contributed by atoms with van der Waals surface area (Å²) in [7, 11) is 2.13. The zero-order valence-corrected chi connectivity index (χ0v) is 21.0. The molecule has 6 rings (SSSR count). The van der Waals surface area contributed by atoms with E-state index < -0.39 is 11.6 Å². The van der Waals surface area contributed by atoms with Gasteiger partial charge in [0.25, 0.3) is 0 Å². The van der Waals surface area contributed by atoms with E-state index in [2.05, 4.69) is 58.6 Å². The molecule has 37 heavy (non-hydrogen) atoms. The van der Waals surface area contributed by atoms with Crippen molar-refractivity contribution in [2.75, 3.05) is 38.5 Å². The molecule has 1 aromatic carbocycles. The smallest absolute Gasteiger partial charge is 0.230 e. The Morgan fingerprint density at radius 2 is 1.70 bits per heavy atom. The highest BCUT2D eigenvalue weighted by Crippen LogP contribution is 2.34. The fourth-order valence-corrected chi connectivity index (χ4v) is 5.19. The molecule has 0 bridgehead atoms. The average Bonchev–Trinajstić information content (AvgIpc) is 3.28. The van der Waals surface area contributed by atoms with Crippen molar-refractivity contribution in [1.82, 2.24) is 39.3 Å². The van der Waals surface area contributed by atoms with Crippen LogP contribution in [0.5, 0.6) is 0 Å². The second kappa shape index (κ2) is 9.71. The van der Waals surface area contributed by atoms with Crippen LogP contribution in [0.15, 0.2) is 30.7 Å². The Balaban J connectivity index is 1.24. The second-order valence-corrected chi connectivity index (χ2v) is 9.97. The maximum atomic E-state index is 15.1. The number of nitrogens with one attached hydrogen (secondary N) is 1. The van der Waals surface area contributed by atoms with Crippen molar-refractivity contribution < 1.29 is 8.78 Å². The fourth-order valence-electron chi connectivity index (χ4n) is 5.19. The maximum absolute atomic E-state index is 15.1. The number of imidazole rings is 1. The molecule has 0 spiro atoms. The molecule has 0 radical (unpaired) electrons. The first-order valence-electron chi connectivity index (χ1n) is 12.7. The molecule has 11 heteroatoms. The molecule has 3 aromatic heterocycles. The molecule has 0 aliphatic carbocycles. The molecular weight excluding hydrogens is 476 g/mol. The minimum Gasteiger partial charge on any atom is -0.325 e. The van der Waals surface area contributed by atoms with Gasteiger partial charge in [-0.1, -0.05) is 0 Å². The zero-order chi connectivity index (χ0) is 25.5. The van der Waals surface area contributed by atoms with Crippen molar-refractivity contribution in [2.45, 2.75) is 38.8 Å².